The van der Waals surface area contributed by atoms with E-state index in [1.54, 1.807) is 42.1 Å². The van der Waals surface area contributed by atoms with Crippen LogP contribution in [0.25, 0.3) is 27.9 Å². The van der Waals surface area contributed by atoms with Gasteiger partial charge < -0.3 is 5.32 Å². The summed E-state index contributed by atoms with van der Waals surface area (Å²) in [6.45, 7) is 5.88. The number of benzene rings is 2. The minimum absolute atomic E-state index is 0.0709. The second kappa shape index (κ2) is 7.54. The molecule has 0 radical (unpaired) electrons. The number of halogens is 1. The van der Waals surface area contributed by atoms with E-state index in [9.17, 15) is 9.18 Å². The lowest BCUT2D eigenvalue weighted by molar-refractivity contribution is 0.628. The summed E-state index contributed by atoms with van der Waals surface area (Å²) in [5, 5.41) is 8.44. The summed E-state index contributed by atoms with van der Waals surface area (Å²) in [6.07, 6.45) is 3.33. The van der Waals surface area contributed by atoms with E-state index in [2.05, 4.69) is 26.4 Å². The van der Waals surface area contributed by atoms with Crippen LogP contribution in [0.3, 0.4) is 0 Å². The monoisotopic (exact) mass is 445 g/mol. The van der Waals surface area contributed by atoms with E-state index in [1.165, 1.54) is 12.1 Å². The van der Waals surface area contributed by atoms with E-state index in [-0.39, 0.29) is 17.4 Å². The molecule has 3 aromatic heterocycles. The summed E-state index contributed by atoms with van der Waals surface area (Å²) in [6, 6.07) is 8.28. The molecule has 0 fully saturated rings. The van der Waals surface area contributed by atoms with E-state index in [0.717, 1.165) is 28.0 Å². The number of anilines is 1. The fourth-order valence-corrected chi connectivity index (χ4v) is 4.45. The van der Waals surface area contributed by atoms with Gasteiger partial charge in [0.05, 0.1) is 22.6 Å². The Bertz CT molecular complexity index is 1590. The SMILES string of the molecule is Cc1cc(C(C)Nc2ccc(F)cc2-c2ncn(C)n2)c2c(c1)c(=O)n(C)c1c(C)ncn21. The summed E-state index contributed by atoms with van der Waals surface area (Å²) in [7, 11) is 3.53. The number of rotatable bonds is 4. The Morgan fingerprint density at radius 2 is 1.85 bits per heavy atom. The van der Waals surface area contributed by atoms with Gasteiger partial charge in [-0.25, -0.2) is 14.4 Å². The van der Waals surface area contributed by atoms with Crippen molar-refractivity contribution in [2.45, 2.75) is 26.8 Å². The molecule has 0 amide bonds. The molecule has 0 spiro atoms. The number of hydrogen-bond donors (Lipinski definition) is 1. The highest BCUT2D eigenvalue weighted by molar-refractivity contribution is 5.86. The van der Waals surface area contributed by atoms with E-state index in [1.807, 2.05) is 31.2 Å². The molecule has 5 aromatic rings. The van der Waals surface area contributed by atoms with Gasteiger partial charge in [-0.3, -0.25) is 18.4 Å². The normalized spacial score (nSPS) is 12.5. The number of aromatic nitrogens is 6. The van der Waals surface area contributed by atoms with Crippen molar-refractivity contribution in [3.8, 4) is 11.4 Å². The Morgan fingerprint density at radius 1 is 1.06 bits per heavy atom. The second-order valence-corrected chi connectivity index (χ2v) is 8.44. The highest BCUT2D eigenvalue weighted by atomic mass is 19.1. The van der Waals surface area contributed by atoms with Gasteiger partial charge in [-0.1, -0.05) is 6.07 Å². The van der Waals surface area contributed by atoms with Crippen molar-refractivity contribution in [3.63, 3.8) is 0 Å². The summed E-state index contributed by atoms with van der Waals surface area (Å²) in [5.41, 5.74) is 5.46. The van der Waals surface area contributed by atoms with Crippen molar-refractivity contribution in [2.24, 2.45) is 14.1 Å². The zero-order valence-electron chi connectivity index (χ0n) is 19.1. The number of aryl methyl sites for hydroxylation is 4. The highest BCUT2D eigenvalue weighted by Crippen LogP contribution is 2.32. The van der Waals surface area contributed by atoms with Gasteiger partial charge in [-0.15, -0.1) is 0 Å². The highest BCUT2D eigenvalue weighted by Gasteiger charge is 2.20. The first-order valence-corrected chi connectivity index (χ1v) is 10.6. The number of hydrogen-bond acceptors (Lipinski definition) is 5. The molecular weight excluding hydrogens is 421 g/mol. The fraction of sp³-hybridized carbons (Fsp3) is 0.250. The number of fused-ring (bicyclic) bond motifs is 3. The maximum absolute atomic E-state index is 14.1. The van der Waals surface area contributed by atoms with Crippen LogP contribution in [0.1, 0.15) is 29.8 Å². The average Bonchev–Trinajstić information content (AvgIpc) is 3.38. The third-order valence-electron chi connectivity index (χ3n) is 5.96. The molecule has 0 saturated carbocycles. The van der Waals surface area contributed by atoms with Crippen LogP contribution in [0.15, 0.2) is 47.8 Å². The number of imidazole rings is 1. The predicted molar refractivity (Wildman–Crippen MR) is 126 cm³/mol. The molecule has 1 unspecified atom stereocenters. The van der Waals surface area contributed by atoms with Crippen molar-refractivity contribution in [1.82, 2.24) is 28.7 Å². The molecule has 0 aliphatic carbocycles. The van der Waals surface area contributed by atoms with Gasteiger partial charge in [0.15, 0.2) is 5.82 Å². The Balaban J connectivity index is 1.69. The minimum atomic E-state index is -0.365. The molecule has 0 saturated heterocycles. The van der Waals surface area contributed by atoms with Crippen molar-refractivity contribution in [1.29, 1.82) is 0 Å². The molecule has 1 atom stereocenters. The van der Waals surface area contributed by atoms with Crippen molar-refractivity contribution < 1.29 is 4.39 Å². The van der Waals surface area contributed by atoms with Crippen LogP contribution in [0, 0.1) is 19.7 Å². The van der Waals surface area contributed by atoms with Gasteiger partial charge in [-0.2, -0.15) is 5.10 Å². The third-order valence-corrected chi connectivity index (χ3v) is 5.96. The third kappa shape index (κ3) is 3.36. The van der Waals surface area contributed by atoms with Crippen LogP contribution in [-0.4, -0.2) is 28.7 Å². The standard InChI is InChI=1S/C24H24FN7O/c1-13-8-17(21-19(9-13)24(33)31(5)23-15(3)26-12-32(21)23)14(2)28-20-7-6-16(25)10-18(20)22-27-11-30(4)29-22/h6-12,14,28H,1-5H3. The second-order valence-electron chi connectivity index (χ2n) is 8.44. The lowest BCUT2D eigenvalue weighted by Gasteiger charge is -2.21. The lowest BCUT2D eigenvalue weighted by atomic mass is 10.00. The summed E-state index contributed by atoms with van der Waals surface area (Å²) in [4.78, 5) is 21.9. The number of nitrogens with zero attached hydrogens (tertiary/aromatic N) is 6. The quantitative estimate of drug-likeness (QED) is 0.454. The summed E-state index contributed by atoms with van der Waals surface area (Å²) in [5.74, 6) is 0.0676. The van der Waals surface area contributed by atoms with Crippen molar-refractivity contribution in [2.75, 3.05) is 5.32 Å². The Labute approximate surface area is 189 Å². The van der Waals surface area contributed by atoms with Gasteiger partial charge in [0.2, 0.25) is 0 Å². The summed E-state index contributed by atoms with van der Waals surface area (Å²) >= 11 is 0. The van der Waals surface area contributed by atoms with Gasteiger partial charge >= 0.3 is 0 Å². The van der Waals surface area contributed by atoms with Crippen LogP contribution in [0.4, 0.5) is 10.1 Å². The zero-order chi connectivity index (χ0) is 23.4. The maximum atomic E-state index is 14.1. The van der Waals surface area contributed by atoms with E-state index in [4.69, 9.17) is 0 Å². The van der Waals surface area contributed by atoms with E-state index in [0.29, 0.717) is 22.5 Å². The molecular formula is C24H24FN7O. The van der Waals surface area contributed by atoms with Gasteiger partial charge in [0.25, 0.3) is 5.56 Å². The molecule has 33 heavy (non-hydrogen) atoms. The molecule has 0 aliphatic heterocycles. The van der Waals surface area contributed by atoms with Gasteiger partial charge in [-0.05, 0) is 56.2 Å². The predicted octanol–water partition coefficient (Wildman–Crippen LogP) is 3.91. The Hall–Kier alpha value is -4.01. The van der Waals surface area contributed by atoms with Crippen molar-refractivity contribution in [3.05, 3.63) is 76.0 Å². The average molecular weight is 446 g/mol. The molecule has 168 valence electrons. The first-order valence-electron chi connectivity index (χ1n) is 10.6. The number of nitrogens with one attached hydrogen (secondary N) is 1. The van der Waals surface area contributed by atoms with Crippen molar-refractivity contribution >= 4 is 22.2 Å². The summed E-state index contributed by atoms with van der Waals surface area (Å²) < 4.78 is 19.3. The van der Waals surface area contributed by atoms with Crippen LogP contribution in [0.5, 0.6) is 0 Å². The molecule has 8 nitrogen and oxygen atoms in total. The Morgan fingerprint density at radius 3 is 2.58 bits per heavy atom. The maximum Gasteiger partial charge on any atom is 0.261 e. The molecule has 0 bridgehead atoms. The largest absolute Gasteiger partial charge is 0.378 e. The molecule has 1 N–H and O–H groups in total. The van der Waals surface area contributed by atoms with Crippen LogP contribution in [-0.2, 0) is 14.1 Å². The first kappa shape index (κ1) is 20.9. The van der Waals surface area contributed by atoms with Crippen LogP contribution >= 0.6 is 0 Å². The molecule has 3 heterocycles. The lowest BCUT2D eigenvalue weighted by Crippen LogP contribution is -2.21. The van der Waals surface area contributed by atoms with Gasteiger partial charge in [0, 0.05) is 25.3 Å². The smallest absolute Gasteiger partial charge is 0.261 e. The van der Waals surface area contributed by atoms with Crippen LogP contribution < -0.4 is 10.9 Å². The zero-order valence-corrected chi connectivity index (χ0v) is 19.1. The molecule has 5 rings (SSSR count). The minimum Gasteiger partial charge on any atom is -0.378 e. The van der Waals surface area contributed by atoms with Crippen LogP contribution in [0.2, 0.25) is 0 Å². The Kier molecular flexibility index (Phi) is 4.77. The molecule has 9 heteroatoms. The molecule has 2 aromatic carbocycles. The topological polar surface area (TPSA) is 82.0 Å². The van der Waals surface area contributed by atoms with Gasteiger partial charge in [0.1, 0.15) is 24.1 Å². The first-order chi connectivity index (χ1) is 15.7. The van der Waals surface area contributed by atoms with E-state index < -0.39 is 0 Å². The fourth-order valence-electron chi connectivity index (χ4n) is 4.45. The molecule has 0 aliphatic rings. The van der Waals surface area contributed by atoms with E-state index >= 15 is 0 Å².